The fourth-order valence-electron chi connectivity index (χ4n) is 2.57. The smallest absolute Gasteiger partial charge is 0.255 e. The second-order valence-corrected chi connectivity index (χ2v) is 6.14. The maximum atomic E-state index is 12.7. The van der Waals surface area contributed by atoms with Crippen molar-refractivity contribution in [3.05, 3.63) is 47.2 Å². The van der Waals surface area contributed by atoms with Gasteiger partial charge in [-0.15, -0.1) is 0 Å². The highest BCUT2D eigenvalue weighted by atomic mass is 35.5. The first-order valence-electron chi connectivity index (χ1n) is 8.43. The molecule has 134 valence electrons. The molecule has 6 heteroatoms. The predicted octanol–water partition coefficient (Wildman–Crippen LogP) is 4.75. The van der Waals surface area contributed by atoms with Gasteiger partial charge in [-0.2, -0.15) is 0 Å². The monoisotopic (exact) mass is 361 g/mol. The zero-order chi connectivity index (χ0) is 18.2. The first kappa shape index (κ1) is 19.1. The van der Waals surface area contributed by atoms with Crippen molar-refractivity contribution >= 4 is 28.9 Å². The molecule has 0 spiro atoms. The average Bonchev–Trinajstić information content (AvgIpc) is 2.61. The van der Waals surface area contributed by atoms with Crippen LogP contribution >= 0.6 is 11.6 Å². The second-order valence-electron chi connectivity index (χ2n) is 5.73. The lowest BCUT2D eigenvalue weighted by Crippen LogP contribution is -2.32. The molecule has 0 fully saturated rings. The van der Waals surface area contributed by atoms with Crippen LogP contribution in [0.1, 0.15) is 37.0 Å². The number of nitrogens with one attached hydrogen (secondary N) is 1. The fraction of sp³-hybridized carbons (Fsp3) is 0.368. The van der Waals surface area contributed by atoms with Crippen LogP contribution in [-0.2, 0) is 0 Å². The number of pyridine rings is 1. The molecule has 0 aliphatic rings. The zero-order valence-electron chi connectivity index (χ0n) is 14.9. The molecule has 0 atom stereocenters. The molecule has 1 aromatic carbocycles. The second kappa shape index (κ2) is 9.28. The molecule has 1 aromatic heterocycles. The lowest BCUT2D eigenvalue weighted by Gasteiger charge is -2.21. The van der Waals surface area contributed by atoms with Crippen molar-refractivity contribution < 1.29 is 9.53 Å². The SMILES string of the molecule is CCCN(CCC)C(=O)c1cncc(Nc2ccc(OC)c(Cl)c2)c1. The van der Waals surface area contributed by atoms with Gasteiger partial charge in [0.1, 0.15) is 5.75 Å². The van der Waals surface area contributed by atoms with Crippen molar-refractivity contribution in [2.75, 3.05) is 25.5 Å². The molecule has 1 N–H and O–H groups in total. The Morgan fingerprint density at radius 2 is 1.88 bits per heavy atom. The lowest BCUT2D eigenvalue weighted by atomic mass is 10.2. The van der Waals surface area contributed by atoms with Gasteiger partial charge < -0.3 is 15.0 Å². The quantitative estimate of drug-likeness (QED) is 0.737. The summed E-state index contributed by atoms with van der Waals surface area (Å²) in [5.41, 5.74) is 2.11. The number of amides is 1. The minimum absolute atomic E-state index is 0.00705. The Hall–Kier alpha value is -2.27. The van der Waals surface area contributed by atoms with E-state index in [0.29, 0.717) is 16.3 Å². The predicted molar refractivity (Wildman–Crippen MR) is 102 cm³/mol. The van der Waals surface area contributed by atoms with Crippen LogP contribution in [0.3, 0.4) is 0 Å². The third-order valence-corrected chi connectivity index (χ3v) is 4.00. The Morgan fingerprint density at radius 3 is 2.48 bits per heavy atom. The number of hydrogen-bond donors (Lipinski definition) is 1. The third-order valence-electron chi connectivity index (χ3n) is 3.70. The van der Waals surface area contributed by atoms with Crippen molar-refractivity contribution in [1.29, 1.82) is 0 Å². The molecule has 1 amide bonds. The molecule has 2 rings (SSSR count). The lowest BCUT2D eigenvalue weighted by molar-refractivity contribution is 0.0755. The van der Waals surface area contributed by atoms with E-state index in [2.05, 4.69) is 24.1 Å². The van der Waals surface area contributed by atoms with Gasteiger partial charge in [0.05, 0.1) is 29.6 Å². The minimum Gasteiger partial charge on any atom is -0.495 e. The van der Waals surface area contributed by atoms with Gasteiger partial charge in [-0.1, -0.05) is 25.4 Å². The zero-order valence-corrected chi connectivity index (χ0v) is 15.6. The van der Waals surface area contributed by atoms with Crippen LogP contribution in [0.4, 0.5) is 11.4 Å². The fourth-order valence-corrected chi connectivity index (χ4v) is 2.83. The van der Waals surface area contributed by atoms with Gasteiger partial charge in [-0.3, -0.25) is 9.78 Å². The molecule has 0 bridgehead atoms. The van der Waals surface area contributed by atoms with Crippen LogP contribution in [0, 0.1) is 0 Å². The maximum absolute atomic E-state index is 12.7. The van der Waals surface area contributed by atoms with Crippen molar-refractivity contribution in [3.63, 3.8) is 0 Å². The van der Waals surface area contributed by atoms with E-state index < -0.39 is 0 Å². The van der Waals surface area contributed by atoms with Gasteiger partial charge in [0.2, 0.25) is 0 Å². The molecular formula is C19H24ClN3O2. The van der Waals surface area contributed by atoms with E-state index in [0.717, 1.165) is 37.3 Å². The Morgan fingerprint density at radius 1 is 1.16 bits per heavy atom. The molecule has 0 radical (unpaired) electrons. The van der Waals surface area contributed by atoms with E-state index in [1.165, 1.54) is 0 Å². The Bertz CT molecular complexity index is 716. The third kappa shape index (κ3) is 5.10. The summed E-state index contributed by atoms with van der Waals surface area (Å²) in [6, 6.07) is 7.23. The number of rotatable bonds is 8. The molecule has 25 heavy (non-hydrogen) atoms. The average molecular weight is 362 g/mol. The summed E-state index contributed by atoms with van der Waals surface area (Å²) in [6.45, 7) is 5.63. The molecule has 0 aliphatic heterocycles. The van der Waals surface area contributed by atoms with E-state index in [9.17, 15) is 4.79 Å². The first-order valence-corrected chi connectivity index (χ1v) is 8.81. The number of methoxy groups -OCH3 is 1. The number of carbonyl (C=O) groups is 1. The number of anilines is 2. The number of carbonyl (C=O) groups excluding carboxylic acids is 1. The van der Waals surface area contributed by atoms with Gasteiger partial charge >= 0.3 is 0 Å². The standard InChI is InChI=1S/C19H24ClN3O2/c1-4-8-23(9-5-2)19(24)14-10-16(13-21-12-14)22-15-6-7-18(25-3)17(20)11-15/h6-7,10-13,22H,4-5,8-9H2,1-3H3. The van der Waals surface area contributed by atoms with Gasteiger partial charge in [0.15, 0.2) is 0 Å². The molecule has 5 nitrogen and oxygen atoms in total. The molecule has 0 aliphatic carbocycles. The van der Waals surface area contributed by atoms with Crippen molar-refractivity contribution in [3.8, 4) is 5.75 Å². The largest absolute Gasteiger partial charge is 0.495 e. The number of halogens is 1. The van der Waals surface area contributed by atoms with E-state index in [1.807, 2.05) is 17.0 Å². The van der Waals surface area contributed by atoms with E-state index in [4.69, 9.17) is 16.3 Å². The summed E-state index contributed by atoms with van der Waals surface area (Å²) in [6.07, 6.45) is 5.15. The highest BCUT2D eigenvalue weighted by Gasteiger charge is 2.15. The first-order chi connectivity index (χ1) is 12.1. The molecule has 1 heterocycles. The summed E-state index contributed by atoms with van der Waals surface area (Å²) >= 11 is 6.15. The highest BCUT2D eigenvalue weighted by Crippen LogP contribution is 2.28. The van der Waals surface area contributed by atoms with E-state index >= 15 is 0 Å². The van der Waals surface area contributed by atoms with Crippen molar-refractivity contribution in [2.45, 2.75) is 26.7 Å². The van der Waals surface area contributed by atoms with Crippen LogP contribution < -0.4 is 10.1 Å². The summed E-state index contributed by atoms with van der Waals surface area (Å²) in [5.74, 6) is 0.622. The minimum atomic E-state index is 0.00705. The van der Waals surface area contributed by atoms with E-state index in [1.54, 1.807) is 31.6 Å². The van der Waals surface area contributed by atoms with E-state index in [-0.39, 0.29) is 5.91 Å². The number of hydrogen-bond acceptors (Lipinski definition) is 4. The van der Waals surface area contributed by atoms with Gasteiger partial charge in [0.25, 0.3) is 5.91 Å². The normalized spacial score (nSPS) is 10.4. The molecule has 0 saturated heterocycles. The van der Waals surface area contributed by atoms with Crippen LogP contribution in [-0.4, -0.2) is 36.0 Å². The summed E-state index contributed by atoms with van der Waals surface area (Å²) in [7, 11) is 1.58. The van der Waals surface area contributed by atoms with Crippen molar-refractivity contribution in [2.24, 2.45) is 0 Å². The van der Waals surface area contributed by atoms with Crippen LogP contribution in [0.15, 0.2) is 36.7 Å². The number of aromatic nitrogens is 1. The van der Waals surface area contributed by atoms with Gasteiger partial charge in [-0.25, -0.2) is 0 Å². The topological polar surface area (TPSA) is 54.5 Å². The summed E-state index contributed by atoms with van der Waals surface area (Å²) in [4.78, 5) is 18.7. The number of nitrogens with zero attached hydrogens (tertiary/aromatic N) is 2. The maximum Gasteiger partial charge on any atom is 0.255 e. The number of benzene rings is 1. The van der Waals surface area contributed by atoms with Crippen LogP contribution in [0.25, 0.3) is 0 Å². The van der Waals surface area contributed by atoms with Crippen LogP contribution in [0.2, 0.25) is 5.02 Å². The summed E-state index contributed by atoms with van der Waals surface area (Å²) < 4.78 is 5.15. The van der Waals surface area contributed by atoms with Crippen LogP contribution in [0.5, 0.6) is 5.75 Å². The van der Waals surface area contributed by atoms with Crippen molar-refractivity contribution in [1.82, 2.24) is 9.88 Å². The molecule has 0 unspecified atom stereocenters. The summed E-state index contributed by atoms with van der Waals surface area (Å²) in [5, 5.41) is 3.74. The Kier molecular flexibility index (Phi) is 7.07. The number of ether oxygens (including phenoxy) is 1. The highest BCUT2D eigenvalue weighted by molar-refractivity contribution is 6.32. The molecule has 2 aromatic rings. The molecular weight excluding hydrogens is 338 g/mol. The molecule has 0 saturated carbocycles. The van der Waals surface area contributed by atoms with Gasteiger partial charge in [0, 0.05) is 25.0 Å². The van der Waals surface area contributed by atoms with Gasteiger partial charge in [-0.05, 0) is 37.1 Å². The Labute approximate surface area is 154 Å². The Balaban J connectivity index is 2.17.